The van der Waals surface area contributed by atoms with Crippen molar-refractivity contribution in [3.63, 3.8) is 0 Å². The number of methoxy groups -OCH3 is 1. The molecular weight excluding hydrogens is 558 g/mol. The highest BCUT2D eigenvalue weighted by molar-refractivity contribution is 5.87. The van der Waals surface area contributed by atoms with Crippen LogP contribution in [-0.2, 0) is 19.6 Å². The van der Waals surface area contributed by atoms with Crippen LogP contribution in [0, 0.1) is 18.6 Å². The molecule has 7 rings (SSSR count). The van der Waals surface area contributed by atoms with E-state index in [-0.39, 0.29) is 17.0 Å². The summed E-state index contributed by atoms with van der Waals surface area (Å²) in [4.78, 5) is 27.8. The fourth-order valence-corrected chi connectivity index (χ4v) is 7.19. The number of pyridine rings is 2. The van der Waals surface area contributed by atoms with Crippen LogP contribution in [0.4, 0.5) is 30.8 Å². The predicted molar refractivity (Wildman–Crippen MR) is 158 cm³/mol. The lowest BCUT2D eigenvalue weighted by atomic mass is 9.74. The van der Waals surface area contributed by atoms with Crippen LogP contribution in [0.1, 0.15) is 35.8 Å². The van der Waals surface area contributed by atoms with E-state index in [0.717, 1.165) is 48.2 Å². The van der Waals surface area contributed by atoms with Crippen molar-refractivity contribution in [1.29, 1.82) is 0 Å². The van der Waals surface area contributed by atoms with Gasteiger partial charge in [0.15, 0.2) is 0 Å². The molecule has 4 aliphatic rings. The SMILES string of the molecule is COC(=O)N1CCN(c2nc3cc(F)cc(F)c3c([C@H]3CC4(CCO3)CNc3cc(N5CCOCC5)cnc34)c2C)CC1. The Kier molecular flexibility index (Phi) is 7.21. The second-order valence-electron chi connectivity index (χ2n) is 11.8. The molecule has 1 spiro atoms. The summed E-state index contributed by atoms with van der Waals surface area (Å²) in [5.41, 5.74) is 4.58. The van der Waals surface area contributed by atoms with Gasteiger partial charge < -0.3 is 34.2 Å². The quantitative estimate of drug-likeness (QED) is 0.480. The zero-order valence-corrected chi connectivity index (χ0v) is 24.5. The van der Waals surface area contributed by atoms with Crippen LogP contribution in [0.5, 0.6) is 0 Å². The molecule has 10 nitrogen and oxygen atoms in total. The first-order valence-electron chi connectivity index (χ1n) is 14.9. The van der Waals surface area contributed by atoms with E-state index >= 15 is 4.39 Å². The highest BCUT2D eigenvalue weighted by atomic mass is 19.1. The Morgan fingerprint density at radius 2 is 1.86 bits per heavy atom. The lowest BCUT2D eigenvalue weighted by Crippen LogP contribution is -2.49. The summed E-state index contributed by atoms with van der Waals surface area (Å²) >= 11 is 0. The van der Waals surface area contributed by atoms with Gasteiger partial charge in [-0.15, -0.1) is 0 Å². The largest absolute Gasteiger partial charge is 0.453 e. The maximum Gasteiger partial charge on any atom is 0.409 e. The highest BCUT2D eigenvalue weighted by Crippen LogP contribution is 2.50. The van der Waals surface area contributed by atoms with E-state index in [9.17, 15) is 9.18 Å². The molecule has 43 heavy (non-hydrogen) atoms. The third kappa shape index (κ3) is 4.90. The number of benzene rings is 1. The van der Waals surface area contributed by atoms with Gasteiger partial charge in [-0.2, -0.15) is 0 Å². The molecule has 2 atom stereocenters. The minimum Gasteiger partial charge on any atom is -0.453 e. The summed E-state index contributed by atoms with van der Waals surface area (Å²) in [6.07, 6.45) is 2.52. The molecule has 1 N–H and O–H groups in total. The summed E-state index contributed by atoms with van der Waals surface area (Å²) in [6, 6.07) is 4.38. The molecule has 0 bridgehead atoms. The number of rotatable bonds is 3. The second kappa shape index (κ2) is 11.1. The highest BCUT2D eigenvalue weighted by Gasteiger charge is 2.46. The lowest BCUT2D eigenvalue weighted by Gasteiger charge is -2.40. The Morgan fingerprint density at radius 3 is 2.63 bits per heavy atom. The summed E-state index contributed by atoms with van der Waals surface area (Å²) in [5.74, 6) is -0.674. The number of anilines is 3. The maximum absolute atomic E-state index is 15.6. The molecule has 2 aromatic heterocycles. The zero-order chi connectivity index (χ0) is 29.7. The number of fused-ring (bicyclic) bond motifs is 3. The van der Waals surface area contributed by atoms with Gasteiger partial charge in [-0.05, 0) is 37.0 Å². The van der Waals surface area contributed by atoms with Gasteiger partial charge in [0.05, 0.1) is 55.2 Å². The van der Waals surface area contributed by atoms with Gasteiger partial charge in [-0.25, -0.2) is 18.6 Å². The van der Waals surface area contributed by atoms with Crippen LogP contribution in [0.15, 0.2) is 24.4 Å². The lowest BCUT2D eigenvalue weighted by molar-refractivity contribution is -0.0186. The minimum absolute atomic E-state index is 0.255. The topological polar surface area (TPSA) is 92.3 Å². The van der Waals surface area contributed by atoms with E-state index < -0.39 is 17.7 Å². The number of aromatic nitrogens is 2. The molecule has 6 heterocycles. The number of hydrogen-bond donors (Lipinski definition) is 1. The minimum atomic E-state index is -0.677. The summed E-state index contributed by atoms with van der Waals surface area (Å²) < 4.78 is 46.9. The molecule has 3 aromatic rings. The van der Waals surface area contributed by atoms with Crippen LogP contribution < -0.4 is 15.1 Å². The van der Waals surface area contributed by atoms with Gasteiger partial charge in [0.1, 0.15) is 17.5 Å². The molecular formula is C31H36F2N6O4. The number of halogens is 2. The fraction of sp³-hybridized carbons (Fsp3) is 0.516. The van der Waals surface area contributed by atoms with Crippen LogP contribution in [0.25, 0.3) is 10.9 Å². The Morgan fingerprint density at radius 1 is 1.07 bits per heavy atom. The van der Waals surface area contributed by atoms with E-state index in [2.05, 4.69) is 21.2 Å². The van der Waals surface area contributed by atoms with Crippen LogP contribution >= 0.6 is 0 Å². The van der Waals surface area contributed by atoms with Crippen molar-refractivity contribution in [2.75, 3.05) is 87.9 Å². The Labute approximate surface area is 248 Å². The second-order valence-corrected chi connectivity index (χ2v) is 11.8. The molecule has 1 amide bonds. The molecule has 1 unspecified atom stereocenters. The monoisotopic (exact) mass is 594 g/mol. The number of piperazine rings is 1. The van der Waals surface area contributed by atoms with Crippen molar-refractivity contribution in [2.45, 2.75) is 31.3 Å². The Balaban J connectivity index is 1.24. The van der Waals surface area contributed by atoms with Gasteiger partial charge in [0.25, 0.3) is 0 Å². The van der Waals surface area contributed by atoms with Gasteiger partial charge in [0, 0.05) is 75.4 Å². The van der Waals surface area contributed by atoms with Crippen LogP contribution in [0.2, 0.25) is 0 Å². The first kappa shape index (κ1) is 28.0. The third-order valence-electron chi connectivity index (χ3n) is 9.45. The van der Waals surface area contributed by atoms with E-state index in [4.69, 9.17) is 24.2 Å². The average molecular weight is 595 g/mol. The van der Waals surface area contributed by atoms with E-state index in [1.165, 1.54) is 13.2 Å². The Hall–Kier alpha value is -3.77. The van der Waals surface area contributed by atoms with Crippen molar-refractivity contribution < 1.29 is 27.8 Å². The molecule has 12 heteroatoms. The number of carbonyl (C=O) groups excluding carboxylic acids is 1. The van der Waals surface area contributed by atoms with E-state index in [0.29, 0.717) is 75.7 Å². The number of amides is 1. The molecule has 3 saturated heterocycles. The predicted octanol–water partition coefficient (Wildman–Crippen LogP) is 4.16. The first-order chi connectivity index (χ1) is 20.9. The van der Waals surface area contributed by atoms with Crippen LogP contribution in [0.3, 0.4) is 0 Å². The van der Waals surface area contributed by atoms with Gasteiger partial charge in [0.2, 0.25) is 0 Å². The normalized spacial score (nSPS) is 23.9. The number of morpholine rings is 1. The Bertz CT molecular complexity index is 1560. The number of carbonyl (C=O) groups is 1. The number of ether oxygens (including phenoxy) is 3. The third-order valence-corrected chi connectivity index (χ3v) is 9.45. The molecule has 228 valence electrons. The van der Waals surface area contributed by atoms with Gasteiger partial charge >= 0.3 is 6.09 Å². The van der Waals surface area contributed by atoms with Crippen molar-refractivity contribution in [2.24, 2.45) is 0 Å². The fourth-order valence-electron chi connectivity index (χ4n) is 7.19. The smallest absolute Gasteiger partial charge is 0.409 e. The van der Waals surface area contributed by atoms with Crippen LogP contribution in [-0.4, -0.2) is 93.7 Å². The van der Waals surface area contributed by atoms with Crippen molar-refractivity contribution in [1.82, 2.24) is 14.9 Å². The maximum atomic E-state index is 15.6. The first-order valence-corrected chi connectivity index (χ1v) is 14.9. The number of nitrogens with one attached hydrogen (secondary N) is 1. The summed E-state index contributed by atoms with van der Waals surface area (Å²) in [5, 5.41) is 3.89. The standard InChI is InChI=1S/C31H36F2N6O4/c1-19-26(27-22(33)13-20(32)14-23(27)36-29(19)38-4-6-39(7-5-38)30(40)41-2)25-16-31(3-10-43-25)18-35-24-15-21(17-34-28(24)31)37-8-11-42-12-9-37/h13-15,17,25,35H,3-12,16,18H2,1-2H3/t25-,31?/m1/s1. The number of hydrogen-bond acceptors (Lipinski definition) is 9. The molecule has 4 aliphatic heterocycles. The summed E-state index contributed by atoms with van der Waals surface area (Å²) in [7, 11) is 1.37. The van der Waals surface area contributed by atoms with Crippen molar-refractivity contribution >= 4 is 34.2 Å². The van der Waals surface area contributed by atoms with E-state index in [1.54, 1.807) is 4.90 Å². The summed E-state index contributed by atoms with van der Waals surface area (Å²) in [6.45, 7) is 8.18. The molecule has 0 saturated carbocycles. The molecule has 3 fully saturated rings. The zero-order valence-electron chi connectivity index (χ0n) is 24.5. The molecule has 1 aromatic carbocycles. The molecule has 0 aliphatic carbocycles. The van der Waals surface area contributed by atoms with Crippen molar-refractivity contribution in [3.8, 4) is 0 Å². The van der Waals surface area contributed by atoms with Gasteiger partial charge in [-0.3, -0.25) is 4.98 Å². The van der Waals surface area contributed by atoms with Crippen molar-refractivity contribution in [3.05, 3.63) is 52.9 Å². The average Bonchev–Trinajstić information content (AvgIpc) is 3.37. The van der Waals surface area contributed by atoms with E-state index in [1.807, 2.05) is 13.1 Å². The number of nitrogens with zero attached hydrogens (tertiary/aromatic N) is 5. The molecule has 0 radical (unpaired) electrons. The van der Waals surface area contributed by atoms with Gasteiger partial charge in [-0.1, -0.05) is 0 Å².